The number of hydrogen-bond acceptors (Lipinski definition) is 4. The van der Waals surface area contributed by atoms with E-state index in [-0.39, 0.29) is 16.8 Å². The van der Waals surface area contributed by atoms with Gasteiger partial charge in [-0.3, -0.25) is 14.4 Å². The second-order valence-corrected chi connectivity index (χ2v) is 10.2. The lowest BCUT2D eigenvalue weighted by Crippen LogP contribution is -2.35. The molecule has 1 aliphatic heterocycles. The Balaban J connectivity index is 1.66. The second-order valence-electron chi connectivity index (χ2n) is 8.29. The van der Waals surface area contributed by atoms with E-state index in [2.05, 4.69) is 0 Å². The van der Waals surface area contributed by atoms with Crippen molar-refractivity contribution in [2.45, 2.75) is 62.3 Å². The number of aryl methyl sites for hydroxylation is 1. The summed E-state index contributed by atoms with van der Waals surface area (Å²) in [6.45, 7) is 1.08. The van der Waals surface area contributed by atoms with E-state index in [0.29, 0.717) is 24.3 Å². The number of piperidine rings is 1. The SMILES string of the molecule is Cn1cc(S(=O)(=O)N2CCCCC2)cc1C(=O)n1ccccc1=NC1CCCCC1. The monoisotopic (exact) mass is 430 g/mol. The Morgan fingerprint density at radius 2 is 1.73 bits per heavy atom. The third kappa shape index (κ3) is 4.30. The maximum atomic E-state index is 13.3. The van der Waals surface area contributed by atoms with Gasteiger partial charge in [-0.1, -0.05) is 31.7 Å². The van der Waals surface area contributed by atoms with Crippen LogP contribution >= 0.6 is 0 Å². The van der Waals surface area contributed by atoms with E-state index in [9.17, 15) is 13.2 Å². The van der Waals surface area contributed by atoms with Crippen molar-refractivity contribution >= 4 is 15.9 Å². The molecule has 0 spiro atoms. The molecule has 1 saturated carbocycles. The van der Waals surface area contributed by atoms with Crippen LogP contribution in [0.15, 0.2) is 46.5 Å². The van der Waals surface area contributed by atoms with Crippen molar-refractivity contribution in [3.8, 4) is 0 Å². The normalized spacial score (nSPS) is 19.8. The van der Waals surface area contributed by atoms with E-state index in [1.165, 1.54) is 34.2 Å². The van der Waals surface area contributed by atoms with E-state index >= 15 is 0 Å². The molecule has 0 atom stereocenters. The predicted octanol–water partition coefficient (Wildman–Crippen LogP) is 2.92. The summed E-state index contributed by atoms with van der Waals surface area (Å²) in [7, 11) is -1.87. The molecule has 0 bridgehead atoms. The first-order valence-electron chi connectivity index (χ1n) is 10.9. The number of rotatable bonds is 4. The lowest BCUT2D eigenvalue weighted by molar-refractivity contribution is 0.0946. The van der Waals surface area contributed by atoms with Crippen molar-refractivity contribution in [3.63, 3.8) is 0 Å². The molecule has 8 heteroatoms. The third-order valence-electron chi connectivity index (χ3n) is 6.10. The molecular weight excluding hydrogens is 400 g/mol. The van der Waals surface area contributed by atoms with Crippen LogP contribution < -0.4 is 5.49 Å². The van der Waals surface area contributed by atoms with Gasteiger partial charge < -0.3 is 4.57 Å². The highest BCUT2D eigenvalue weighted by molar-refractivity contribution is 7.89. The molecule has 2 aliphatic rings. The van der Waals surface area contributed by atoms with E-state index in [0.717, 1.165) is 32.1 Å². The van der Waals surface area contributed by atoms with Crippen LogP contribution in [0.25, 0.3) is 0 Å². The Morgan fingerprint density at radius 1 is 1.03 bits per heavy atom. The Bertz CT molecular complexity index is 1070. The Hall–Kier alpha value is -2.19. The average Bonchev–Trinajstić information content (AvgIpc) is 3.17. The van der Waals surface area contributed by atoms with Crippen molar-refractivity contribution in [1.29, 1.82) is 0 Å². The number of sulfonamides is 1. The van der Waals surface area contributed by atoms with Gasteiger partial charge in [0.1, 0.15) is 16.1 Å². The van der Waals surface area contributed by atoms with Crippen LogP contribution in [0, 0.1) is 0 Å². The highest BCUT2D eigenvalue weighted by Crippen LogP contribution is 2.23. The van der Waals surface area contributed by atoms with E-state index in [4.69, 9.17) is 4.99 Å². The van der Waals surface area contributed by atoms with Gasteiger partial charge >= 0.3 is 0 Å². The zero-order chi connectivity index (χ0) is 21.1. The molecule has 0 radical (unpaired) electrons. The number of carbonyl (C=O) groups excluding carboxylic acids is 1. The molecule has 3 heterocycles. The fourth-order valence-corrected chi connectivity index (χ4v) is 5.96. The molecule has 162 valence electrons. The van der Waals surface area contributed by atoms with Crippen molar-refractivity contribution < 1.29 is 13.2 Å². The molecular formula is C22H30N4O3S. The van der Waals surface area contributed by atoms with Gasteiger partial charge in [0.25, 0.3) is 5.91 Å². The minimum Gasteiger partial charge on any atom is -0.345 e. The predicted molar refractivity (Wildman–Crippen MR) is 115 cm³/mol. The van der Waals surface area contributed by atoms with E-state index in [1.54, 1.807) is 30.1 Å². The van der Waals surface area contributed by atoms with Crippen molar-refractivity contribution in [3.05, 3.63) is 47.8 Å². The molecule has 1 aliphatic carbocycles. The fraction of sp³-hybridized carbons (Fsp3) is 0.545. The van der Waals surface area contributed by atoms with Gasteiger partial charge in [0, 0.05) is 32.5 Å². The molecule has 7 nitrogen and oxygen atoms in total. The van der Waals surface area contributed by atoms with Gasteiger partial charge in [-0.05, 0) is 43.9 Å². The summed E-state index contributed by atoms with van der Waals surface area (Å²) in [5.74, 6) is -0.271. The zero-order valence-electron chi connectivity index (χ0n) is 17.5. The molecule has 30 heavy (non-hydrogen) atoms. The molecule has 0 aromatic carbocycles. The van der Waals surface area contributed by atoms with Gasteiger partial charge in [0.15, 0.2) is 0 Å². The molecule has 2 aromatic rings. The standard InChI is InChI=1S/C22H30N4O3S/c1-24-17-19(30(28,29)25-13-7-3-8-14-25)16-20(24)22(27)26-15-9-6-12-21(26)23-18-10-4-2-5-11-18/h6,9,12,15-18H,2-5,7-8,10-11,13-14H2,1H3. The number of pyridine rings is 1. The van der Waals surface area contributed by atoms with Crippen molar-refractivity contribution in [1.82, 2.24) is 13.4 Å². The van der Waals surface area contributed by atoms with Crippen LogP contribution in [-0.2, 0) is 17.1 Å². The summed E-state index contributed by atoms with van der Waals surface area (Å²) in [5, 5.41) is 0. The molecule has 0 N–H and O–H groups in total. The fourth-order valence-electron chi connectivity index (χ4n) is 4.37. The molecule has 0 unspecified atom stereocenters. The lowest BCUT2D eigenvalue weighted by Gasteiger charge is -2.25. The summed E-state index contributed by atoms with van der Waals surface area (Å²) in [5.41, 5.74) is 0.956. The van der Waals surface area contributed by atoms with Crippen molar-refractivity contribution in [2.75, 3.05) is 13.1 Å². The molecule has 2 aromatic heterocycles. The Labute approximate surface area is 178 Å². The maximum Gasteiger partial charge on any atom is 0.280 e. The minimum atomic E-state index is -3.58. The summed E-state index contributed by atoms with van der Waals surface area (Å²) >= 11 is 0. The number of aromatic nitrogens is 2. The molecule has 1 saturated heterocycles. The first kappa shape index (κ1) is 21.1. The van der Waals surface area contributed by atoms with E-state index in [1.807, 2.05) is 12.1 Å². The largest absolute Gasteiger partial charge is 0.345 e. The van der Waals surface area contributed by atoms with Crippen LogP contribution in [-0.4, -0.2) is 46.9 Å². The Morgan fingerprint density at radius 3 is 2.47 bits per heavy atom. The van der Waals surface area contributed by atoms with Crippen LogP contribution in [0.4, 0.5) is 0 Å². The van der Waals surface area contributed by atoms with Gasteiger partial charge in [-0.15, -0.1) is 0 Å². The second kappa shape index (κ2) is 8.89. The topological polar surface area (TPSA) is 76.7 Å². The minimum absolute atomic E-state index is 0.178. The first-order chi connectivity index (χ1) is 14.5. The summed E-state index contributed by atoms with van der Waals surface area (Å²) in [6.07, 6.45) is 11.7. The first-order valence-corrected chi connectivity index (χ1v) is 12.3. The van der Waals surface area contributed by atoms with Gasteiger partial charge in [0.2, 0.25) is 10.0 Å². The quantitative estimate of drug-likeness (QED) is 0.748. The smallest absolute Gasteiger partial charge is 0.280 e. The number of hydrogen-bond donors (Lipinski definition) is 0. The highest BCUT2D eigenvalue weighted by Gasteiger charge is 2.28. The van der Waals surface area contributed by atoms with Gasteiger partial charge in [0.05, 0.1) is 6.04 Å². The summed E-state index contributed by atoms with van der Waals surface area (Å²) < 4.78 is 30.7. The van der Waals surface area contributed by atoms with Gasteiger partial charge in [-0.2, -0.15) is 4.31 Å². The van der Waals surface area contributed by atoms with Crippen LogP contribution in [0.1, 0.15) is 61.9 Å². The maximum absolute atomic E-state index is 13.3. The number of carbonyl (C=O) groups is 1. The van der Waals surface area contributed by atoms with E-state index < -0.39 is 10.0 Å². The summed E-state index contributed by atoms with van der Waals surface area (Å²) in [4.78, 5) is 18.3. The highest BCUT2D eigenvalue weighted by atomic mass is 32.2. The molecule has 2 fully saturated rings. The molecule has 4 rings (SSSR count). The van der Waals surface area contributed by atoms with Crippen LogP contribution in [0.2, 0.25) is 0 Å². The van der Waals surface area contributed by atoms with Crippen LogP contribution in [0.3, 0.4) is 0 Å². The summed E-state index contributed by atoms with van der Waals surface area (Å²) in [6, 6.07) is 7.26. The Kier molecular flexibility index (Phi) is 6.24. The van der Waals surface area contributed by atoms with Crippen LogP contribution in [0.5, 0.6) is 0 Å². The molecule has 0 amide bonds. The number of nitrogens with zero attached hydrogens (tertiary/aromatic N) is 4. The zero-order valence-corrected chi connectivity index (χ0v) is 18.4. The third-order valence-corrected chi connectivity index (χ3v) is 7.96. The van der Waals surface area contributed by atoms with Crippen molar-refractivity contribution in [2.24, 2.45) is 12.0 Å². The van der Waals surface area contributed by atoms with Gasteiger partial charge in [-0.25, -0.2) is 8.42 Å². The average molecular weight is 431 g/mol. The lowest BCUT2D eigenvalue weighted by atomic mass is 9.96.